The zero-order chi connectivity index (χ0) is 13.8. The number of carboxylic acid groups (broad SMARTS) is 1. The van der Waals surface area contributed by atoms with E-state index in [4.69, 9.17) is 5.11 Å². The summed E-state index contributed by atoms with van der Waals surface area (Å²) in [6, 6.07) is 0. The summed E-state index contributed by atoms with van der Waals surface area (Å²) in [6.45, 7) is 6.16. The van der Waals surface area contributed by atoms with E-state index in [0.29, 0.717) is 5.13 Å². The molecule has 1 amide bonds. The largest absolute Gasteiger partial charge is 0.481 e. The van der Waals surface area contributed by atoms with Crippen molar-refractivity contribution in [2.75, 3.05) is 16.8 Å². The molecule has 18 heavy (non-hydrogen) atoms. The molecule has 1 heterocycles. The van der Waals surface area contributed by atoms with Gasteiger partial charge in [-0.1, -0.05) is 20.8 Å². The molecule has 0 saturated heterocycles. The van der Waals surface area contributed by atoms with Crippen molar-refractivity contribution in [3.8, 4) is 0 Å². The minimum absolute atomic E-state index is 0.0441. The average Bonchev–Trinajstić information content (AvgIpc) is 2.64. The number of nitrogens with one attached hydrogen (secondary N) is 1. The lowest BCUT2D eigenvalue weighted by atomic mass is 9.93. The quantitative estimate of drug-likeness (QED) is 0.868. The summed E-state index contributed by atoms with van der Waals surface area (Å²) < 4.78 is 0. The van der Waals surface area contributed by atoms with Gasteiger partial charge in [-0.25, -0.2) is 4.98 Å². The summed E-state index contributed by atoms with van der Waals surface area (Å²) in [7, 11) is 0. The lowest BCUT2D eigenvalue weighted by molar-refractivity contribution is -0.133. The third kappa shape index (κ3) is 5.05. The first-order valence-electron chi connectivity index (χ1n) is 5.34. The zero-order valence-corrected chi connectivity index (χ0v) is 12.2. The first-order chi connectivity index (χ1) is 8.29. The lowest BCUT2D eigenvalue weighted by Crippen LogP contribution is -2.16. The second-order valence-electron chi connectivity index (χ2n) is 4.72. The molecule has 1 aromatic rings. The minimum Gasteiger partial charge on any atom is -0.481 e. The monoisotopic (exact) mass is 288 g/mol. The van der Waals surface area contributed by atoms with Gasteiger partial charge >= 0.3 is 5.97 Å². The van der Waals surface area contributed by atoms with Gasteiger partial charge in [-0.2, -0.15) is 0 Å². The Labute approximate surface area is 114 Å². The van der Waals surface area contributed by atoms with E-state index < -0.39 is 5.97 Å². The van der Waals surface area contributed by atoms with E-state index in [1.807, 2.05) is 5.38 Å². The van der Waals surface area contributed by atoms with E-state index >= 15 is 0 Å². The number of thioether (sulfide) groups is 1. The molecule has 0 atom stereocenters. The van der Waals surface area contributed by atoms with Crippen molar-refractivity contribution in [1.82, 2.24) is 4.98 Å². The first-order valence-corrected chi connectivity index (χ1v) is 7.38. The van der Waals surface area contributed by atoms with Crippen LogP contribution in [0.4, 0.5) is 5.13 Å². The Balaban J connectivity index is 2.45. The molecule has 100 valence electrons. The number of anilines is 1. The predicted molar refractivity (Wildman–Crippen MR) is 74.4 cm³/mol. The highest BCUT2D eigenvalue weighted by molar-refractivity contribution is 8.00. The molecule has 0 saturated carbocycles. The normalized spacial score (nSPS) is 11.3. The van der Waals surface area contributed by atoms with Crippen molar-refractivity contribution in [3.63, 3.8) is 0 Å². The van der Waals surface area contributed by atoms with Gasteiger partial charge in [0.2, 0.25) is 5.91 Å². The molecule has 5 nitrogen and oxygen atoms in total. The van der Waals surface area contributed by atoms with Crippen molar-refractivity contribution in [3.05, 3.63) is 11.1 Å². The van der Waals surface area contributed by atoms with Gasteiger partial charge in [0.1, 0.15) is 0 Å². The van der Waals surface area contributed by atoms with Gasteiger partial charge in [0, 0.05) is 10.8 Å². The van der Waals surface area contributed by atoms with Gasteiger partial charge in [0.05, 0.1) is 17.2 Å². The van der Waals surface area contributed by atoms with Crippen molar-refractivity contribution in [1.29, 1.82) is 0 Å². The van der Waals surface area contributed by atoms with Gasteiger partial charge in [-0.05, 0) is 0 Å². The maximum Gasteiger partial charge on any atom is 0.313 e. The van der Waals surface area contributed by atoms with Gasteiger partial charge < -0.3 is 10.4 Å². The fourth-order valence-corrected chi connectivity index (χ4v) is 2.55. The first kappa shape index (κ1) is 15.0. The van der Waals surface area contributed by atoms with Crippen LogP contribution in [-0.4, -0.2) is 33.5 Å². The number of aliphatic carboxylic acids is 1. The number of aromatic nitrogens is 1. The molecule has 2 N–H and O–H groups in total. The Morgan fingerprint density at radius 2 is 2.11 bits per heavy atom. The SMILES string of the molecule is CC(C)(C)c1csc(NC(=O)CSCC(=O)O)n1. The molecule has 0 spiro atoms. The molecular formula is C11H16N2O3S2. The van der Waals surface area contributed by atoms with Crippen molar-refractivity contribution in [2.45, 2.75) is 26.2 Å². The van der Waals surface area contributed by atoms with Crippen LogP contribution in [0, 0.1) is 0 Å². The maximum atomic E-state index is 11.5. The lowest BCUT2D eigenvalue weighted by Gasteiger charge is -2.14. The van der Waals surface area contributed by atoms with Crippen LogP contribution in [0.3, 0.4) is 0 Å². The van der Waals surface area contributed by atoms with E-state index in [0.717, 1.165) is 17.5 Å². The zero-order valence-electron chi connectivity index (χ0n) is 10.5. The highest BCUT2D eigenvalue weighted by Gasteiger charge is 2.18. The van der Waals surface area contributed by atoms with Crippen molar-refractivity contribution in [2.24, 2.45) is 0 Å². The summed E-state index contributed by atoms with van der Waals surface area (Å²) >= 11 is 2.44. The molecule has 1 aromatic heterocycles. The number of hydrogen-bond acceptors (Lipinski definition) is 5. The molecule has 7 heteroatoms. The maximum absolute atomic E-state index is 11.5. The number of hydrogen-bond donors (Lipinski definition) is 2. The summed E-state index contributed by atoms with van der Waals surface area (Å²) in [5.74, 6) is -1.09. The topological polar surface area (TPSA) is 79.3 Å². The second-order valence-corrected chi connectivity index (χ2v) is 6.57. The smallest absolute Gasteiger partial charge is 0.313 e. The van der Waals surface area contributed by atoms with E-state index in [2.05, 4.69) is 31.1 Å². The fraction of sp³-hybridized carbons (Fsp3) is 0.545. The van der Waals surface area contributed by atoms with Crippen LogP contribution in [0.5, 0.6) is 0 Å². The molecule has 0 bridgehead atoms. The Bertz CT molecular complexity index is 438. The summed E-state index contributed by atoms with van der Waals surface area (Å²) in [5, 5.41) is 13.6. The summed E-state index contributed by atoms with van der Waals surface area (Å²) in [5.41, 5.74) is 0.887. The Morgan fingerprint density at radius 1 is 1.44 bits per heavy atom. The van der Waals surface area contributed by atoms with Crippen LogP contribution in [0.15, 0.2) is 5.38 Å². The van der Waals surface area contributed by atoms with Gasteiger partial charge in [-0.15, -0.1) is 23.1 Å². The number of amides is 1. The number of carboxylic acids is 1. The predicted octanol–water partition coefficient (Wildman–Crippen LogP) is 2.20. The molecule has 1 rings (SSSR count). The number of nitrogens with zero attached hydrogens (tertiary/aromatic N) is 1. The average molecular weight is 288 g/mol. The Hall–Kier alpha value is -1.08. The third-order valence-electron chi connectivity index (χ3n) is 1.98. The van der Waals surface area contributed by atoms with Crippen LogP contribution in [-0.2, 0) is 15.0 Å². The molecule has 0 radical (unpaired) electrons. The van der Waals surface area contributed by atoms with E-state index in [1.165, 1.54) is 11.3 Å². The molecule has 0 unspecified atom stereocenters. The summed E-state index contributed by atoms with van der Waals surface area (Å²) in [6.07, 6.45) is 0. The van der Waals surface area contributed by atoms with Crippen LogP contribution >= 0.6 is 23.1 Å². The number of carbonyl (C=O) groups excluding carboxylic acids is 1. The number of rotatable bonds is 5. The molecule has 0 aliphatic rings. The molecule has 0 aliphatic carbocycles. The van der Waals surface area contributed by atoms with Gasteiger partial charge in [0.15, 0.2) is 5.13 Å². The van der Waals surface area contributed by atoms with Crippen LogP contribution < -0.4 is 5.32 Å². The van der Waals surface area contributed by atoms with Crippen LogP contribution in [0.2, 0.25) is 0 Å². The van der Waals surface area contributed by atoms with Crippen molar-refractivity contribution >= 4 is 40.1 Å². The molecule has 0 fully saturated rings. The molecular weight excluding hydrogens is 272 g/mol. The van der Waals surface area contributed by atoms with E-state index in [1.54, 1.807) is 0 Å². The van der Waals surface area contributed by atoms with Crippen molar-refractivity contribution < 1.29 is 14.7 Å². The van der Waals surface area contributed by atoms with E-state index in [9.17, 15) is 9.59 Å². The van der Waals surface area contributed by atoms with Crippen LogP contribution in [0.1, 0.15) is 26.5 Å². The Morgan fingerprint density at radius 3 is 2.61 bits per heavy atom. The minimum atomic E-state index is -0.919. The molecule has 0 aromatic carbocycles. The van der Waals surface area contributed by atoms with E-state index in [-0.39, 0.29) is 22.8 Å². The highest BCUT2D eigenvalue weighted by atomic mass is 32.2. The standard InChI is InChI=1S/C11H16N2O3S2/c1-11(2,3)7-4-18-10(12-7)13-8(14)5-17-6-9(15)16/h4H,5-6H2,1-3H3,(H,15,16)(H,12,13,14). The van der Waals surface area contributed by atoms with Gasteiger partial charge in [-0.3, -0.25) is 9.59 Å². The molecule has 0 aliphatic heterocycles. The second kappa shape index (κ2) is 6.19. The van der Waals surface area contributed by atoms with Crippen LogP contribution in [0.25, 0.3) is 0 Å². The fourth-order valence-electron chi connectivity index (χ4n) is 1.06. The number of carbonyl (C=O) groups is 2. The summed E-state index contributed by atoms with van der Waals surface area (Å²) in [4.78, 5) is 26.1. The highest BCUT2D eigenvalue weighted by Crippen LogP contribution is 2.26. The third-order valence-corrected chi connectivity index (χ3v) is 3.65. The van der Waals surface area contributed by atoms with Gasteiger partial charge in [0.25, 0.3) is 0 Å². The number of thiazole rings is 1. The Kier molecular flexibility index (Phi) is 5.15.